The van der Waals surface area contributed by atoms with Crippen molar-refractivity contribution in [2.45, 2.75) is 11.8 Å². The Bertz CT molecular complexity index is 1050. The molecule has 0 amide bonds. The van der Waals surface area contributed by atoms with Crippen LogP contribution in [0.2, 0.25) is 0 Å². The third-order valence-electron chi connectivity index (χ3n) is 5.70. The largest absolute Gasteiger partial charge is 0.485 e. The molecule has 3 aromatic carbocycles. The van der Waals surface area contributed by atoms with Crippen molar-refractivity contribution in [1.82, 2.24) is 0 Å². The molecule has 0 saturated carbocycles. The molecule has 2 bridgehead atoms. The van der Waals surface area contributed by atoms with E-state index >= 15 is 0 Å². The average Bonchev–Trinajstić information content (AvgIpc) is 2.76. The molecule has 0 saturated heterocycles. The van der Waals surface area contributed by atoms with Crippen LogP contribution >= 0.6 is 31.9 Å². The molecule has 0 fully saturated rings. The summed E-state index contributed by atoms with van der Waals surface area (Å²) >= 11 is 5.89. The van der Waals surface area contributed by atoms with Crippen molar-refractivity contribution in [1.29, 1.82) is 0 Å². The summed E-state index contributed by atoms with van der Waals surface area (Å²) in [6, 6.07) is 20.5. The average molecular weight is 528 g/mol. The van der Waals surface area contributed by atoms with E-state index in [-0.39, 0.29) is 34.4 Å². The Morgan fingerprint density at radius 1 is 0.633 bits per heavy atom. The first kappa shape index (κ1) is 19.5. The maximum Gasteiger partial charge on any atom is 0.235 e. The van der Waals surface area contributed by atoms with Crippen LogP contribution in [0.25, 0.3) is 0 Å². The lowest BCUT2D eigenvalue weighted by molar-refractivity contribution is -0.112. The second kappa shape index (κ2) is 7.67. The fourth-order valence-electron chi connectivity index (χ4n) is 4.74. The smallest absolute Gasteiger partial charge is 0.235 e. The zero-order valence-electron chi connectivity index (χ0n) is 15.7. The number of carbonyl (C=O) groups excluding carboxylic acids is 2. The molecule has 6 heteroatoms. The molecule has 0 N–H and O–H groups in total. The van der Waals surface area contributed by atoms with Gasteiger partial charge in [0.2, 0.25) is 9.39 Å². The third kappa shape index (κ3) is 3.10. The standard InChI is InChI=1S/C24H16Br2O4/c25-19(27)11-29-17-9-10-18(30-12-20(26)28)24-22-14-6-2-1-5-13(14)21(23(17)24)15-7-3-4-8-16(15)22/h1-10,21-22H,11-12H2. The molecule has 3 aliphatic rings. The van der Waals surface area contributed by atoms with E-state index < -0.39 is 0 Å². The molecule has 0 heterocycles. The van der Waals surface area contributed by atoms with Crippen LogP contribution in [0, 0.1) is 0 Å². The Morgan fingerprint density at radius 3 is 1.27 bits per heavy atom. The predicted molar refractivity (Wildman–Crippen MR) is 120 cm³/mol. The number of benzene rings is 3. The Morgan fingerprint density at radius 2 is 0.967 bits per heavy atom. The summed E-state index contributed by atoms with van der Waals surface area (Å²) in [4.78, 5) is 23.0. The number of hydrogen-bond donors (Lipinski definition) is 0. The SMILES string of the molecule is O=C(Br)COc1ccc(OCC(=O)Br)c2c1C1c3ccccc3C2c2ccccc21. The van der Waals surface area contributed by atoms with E-state index in [1.807, 2.05) is 36.4 Å². The van der Waals surface area contributed by atoms with Crippen LogP contribution in [-0.4, -0.2) is 22.6 Å². The predicted octanol–water partition coefficient (Wildman–Crippen LogP) is 5.27. The Balaban J connectivity index is 1.76. The first-order valence-corrected chi connectivity index (χ1v) is 11.1. The fraction of sp³-hybridized carbons (Fsp3) is 0.167. The van der Waals surface area contributed by atoms with E-state index in [1.165, 1.54) is 22.3 Å². The normalized spacial score (nSPS) is 17.5. The van der Waals surface area contributed by atoms with Crippen molar-refractivity contribution in [3.05, 3.63) is 94.0 Å². The summed E-state index contributed by atoms with van der Waals surface area (Å²) in [5.41, 5.74) is 6.95. The molecule has 3 aliphatic carbocycles. The van der Waals surface area contributed by atoms with E-state index in [0.717, 1.165) is 11.1 Å². The van der Waals surface area contributed by atoms with Crippen molar-refractivity contribution < 1.29 is 19.1 Å². The van der Waals surface area contributed by atoms with Crippen LogP contribution in [0.1, 0.15) is 45.2 Å². The molecule has 4 nitrogen and oxygen atoms in total. The fourth-order valence-corrected chi connectivity index (χ4v) is 4.97. The molecular weight excluding hydrogens is 512 g/mol. The van der Waals surface area contributed by atoms with E-state index in [4.69, 9.17) is 9.47 Å². The van der Waals surface area contributed by atoms with Crippen LogP contribution < -0.4 is 9.47 Å². The van der Waals surface area contributed by atoms with E-state index in [9.17, 15) is 9.59 Å². The van der Waals surface area contributed by atoms with Crippen LogP contribution in [0.3, 0.4) is 0 Å². The molecule has 0 aliphatic heterocycles. The third-order valence-corrected chi connectivity index (χ3v) is 6.16. The zero-order valence-corrected chi connectivity index (χ0v) is 18.9. The second-order valence-corrected chi connectivity index (χ2v) is 9.07. The Kier molecular flexibility index (Phi) is 4.99. The molecule has 0 atom stereocenters. The van der Waals surface area contributed by atoms with Crippen molar-refractivity contribution in [3.8, 4) is 11.5 Å². The maximum absolute atomic E-state index is 11.5. The highest BCUT2D eigenvalue weighted by Crippen LogP contribution is 2.60. The molecular formula is C24H16Br2O4. The lowest BCUT2D eigenvalue weighted by atomic mass is 9.60. The highest BCUT2D eigenvalue weighted by molar-refractivity contribution is 9.18. The van der Waals surface area contributed by atoms with Gasteiger partial charge >= 0.3 is 0 Å². The van der Waals surface area contributed by atoms with Gasteiger partial charge in [0, 0.05) is 23.0 Å². The monoisotopic (exact) mass is 526 g/mol. The van der Waals surface area contributed by atoms with Crippen molar-refractivity contribution >= 4 is 41.2 Å². The number of hydrogen-bond acceptors (Lipinski definition) is 4. The Labute approximate surface area is 190 Å². The second-order valence-electron chi connectivity index (χ2n) is 7.30. The van der Waals surface area contributed by atoms with Gasteiger partial charge in [-0.1, -0.05) is 48.5 Å². The summed E-state index contributed by atoms with van der Waals surface area (Å²) in [6.07, 6.45) is 0. The van der Waals surface area contributed by atoms with Gasteiger partial charge in [0.15, 0.2) is 13.2 Å². The molecule has 30 heavy (non-hydrogen) atoms. The van der Waals surface area contributed by atoms with Gasteiger partial charge in [-0.25, -0.2) is 0 Å². The lowest BCUT2D eigenvalue weighted by Gasteiger charge is -2.43. The highest BCUT2D eigenvalue weighted by atomic mass is 79.9. The van der Waals surface area contributed by atoms with Gasteiger partial charge < -0.3 is 9.47 Å². The van der Waals surface area contributed by atoms with Crippen molar-refractivity contribution in [3.63, 3.8) is 0 Å². The quantitative estimate of drug-likeness (QED) is 0.282. The van der Waals surface area contributed by atoms with Crippen molar-refractivity contribution in [2.75, 3.05) is 13.2 Å². The van der Waals surface area contributed by atoms with E-state index in [0.29, 0.717) is 11.5 Å². The summed E-state index contributed by atoms with van der Waals surface area (Å²) in [5.74, 6) is 1.27. The molecule has 0 spiro atoms. The summed E-state index contributed by atoms with van der Waals surface area (Å²) < 4.78 is 11.4. The summed E-state index contributed by atoms with van der Waals surface area (Å²) in [5, 5.41) is 0. The van der Waals surface area contributed by atoms with Gasteiger partial charge in [0.25, 0.3) is 0 Å². The Hall–Kier alpha value is -2.44. The van der Waals surface area contributed by atoms with Crippen LogP contribution in [0.4, 0.5) is 0 Å². The lowest BCUT2D eigenvalue weighted by Crippen LogP contribution is -2.29. The number of halogens is 2. The maximum atomic E-state index is 11.5. The molecule has 6 rings (SSSR count). The minimum absolute atomic E-state index is 0.0268. The minimum Gasteiger partial charge on any atom is -0.485 e. The highest BCUT2D eigenvalue weighted by Gasteiger charge is 2.44. The van der Waals surface area contributed by atoms with E-state index in [2.05, 4.69) is 56.1 Å². The van der Waals surface area contributed by atoms with Crippen LogP contribution in [-0.2, 0) is 9.59 Å². The zero-order chi connectivity index (χ0) is 20.8. The van der Waals surface area contributed by atoms with Crippen molar-refractivity contribution in [2.24, 2.45) is 0 Å². The summed E-state index contributed by atoms with van der Waals surface area (Å²) in [6.45, 7) is -0.125. The molecule has 3 aromatic rings. The minimum atomic E-state index is -0.219. The van der Waals surface area contributed by atoms with Gasteiger partial charge in [-0.05, 0) is 66.2 Å². The number of carbonyl (C=O) groups is 2. The van der Waals surface area contributed by atoms with Gasteiger partial charge in [0.1, 0.15) is 11.5 Å². The van der Waals surface area contributed by atoms with E-state index in [1.54, 1.807) is 0 Å². The van der Waals surface area contributed by atoms with Crippen LogP contribution in [0.5, 0.6) is 11.5 Å². The molecule has 150 valence electrons. The molecule has 0 radical (unpaired) electrons. The topological polar surface area (TPSA) is 52.6 Å². The van der Waals surface area contributed by atoms with Gasteiger partial charge in [-0.15, -0.1) is 0 Å². The van der Waals surface area contributed by atoms with Gasteiger partial charge in [-0.2, -0.15) is 0 Å². The number of ether oxygens (including phenoxy) is 2. The summed E-state index contributed by atoms with van der Waals surface area (Å²) in [7, 11) is 0. The molecule has 0 unspecified atom stereocenters. The van der Waals surface area contributed by atoms with Crippen LogP contribution in [0.15, 0.2) is 60.7 Å². The van der Waals surface area contributed by atoms with Gasteiger partial charge in [-0.3, -0.25) is 9.59 Å². The first-order chi connectivity index (χ1) is 14.6. The number of rotatable bonds is 6. The van der Waals surface area contributed by atoms with Gasteiger partial charge in [0.05, 0.1) is 0 Å². The first-order valence-electron chi connectivity index (χ1n) is 9.53. The molecule has 0 aromatic heterocycles.